The van der Waals surface area contributed by atoms with E-state index in [1.807, 2.05) is 6.92 Å². The summed E-state index contributed by atoms with van der Waals surface area (Å²) in [5.74, 6) is -0.910. The maximum Gasteiger partial charge on any atom is 0.320 e. The zero-order valence-corrected chi connectivity index (χ0v) is 11.8. The SMILES string of the molecule is CCC1CN(C(=O)N2CCOCC2CC(=O)O)CCO1. The van der Waals surface area contributed by atoms with Crippen LogP contribution in [0.4, 0.5) is 4.79 Å². The third kappa shape index (κ3) is 3.61. The number of carboxylic acids is 1. The fourth-order valence-corrected chi connectivity index (χ4v) is 2.60. The molecule has 0 saturated carbocycles. The number of urea groups is 1. The number of carboxylic acid groups (broad SMARTS) is 1. The second kappa shape index (κ2) is 6.90. The van der Waals surface area contributed by atoms with Crippen LogP contribution in [0, 0.1) is 0 Å². The third-order valence-electron chi connectivity index (χ3n) is 3.75. The molecular formula is C13H22N2O5. The van der Waals surface area contributed by atoms with Gasteiger partial charge in [-0.2, -0.15) is 0 Å². The number of carbonyl (C=O) groups excluding carboxylic acids is 1. The Morgan fingerprint density at radius 1 is 1.30 bits per heavy atom. The Balaban J connectivity index is 1.99. The average Bonchev–Trinajstić information content (AvgIpc) is 2.46. The monoisotopic (exact) mass is 286 g/mol. The zero-order chi connectivity index (χ0) is 14.5. The molecule has 7 nitrogen and oxygen atoms in total. The minimum atomic E-state index is -0.910. The summed E-state index contributed by atoms with van der Waals surface area (Å²) in [6.07, 6.45) is 0.866. The molecule has 0 radical (unpaired) electrons. The Labute approximate surface area is 118 Å². The van der Waals surface area contributed by atoms with Crippen LogP contribution in [-0.2, 0) is 14.3 Å². The normalized spacial score (nSPS) is 27.4. The number of rotatable bonds is 3. The van der Waals surface area contributed by atoms with E-state index in [4.69, 9.17) is 14.6 Å². The Morgan fingerprint density at radius 2 is 2.10 bits per heavy atom. The molecule has 0 spiro atoms. The summed E-state index contributed by atoms with van der Waals surface area (Å²) in [5, 5.41) is 8.93. The number of nitrogens with zero attached hydrogens (tertiary/aromatic N) is 2. The summed E-state index contributed by atoms with van der Waals surface area (Å²) >= 11 is 0. The van der Waals surface area contributed by atoms with Crippen molar-refractivity contribution < 1.29 is 24.2 Å². The lowest BCUT2D eigenvalue weighted by Crippen LogP contribution is -2.57. The minimum Gasteiger partial charge on any atom is -0.481 e. The van der Waals surface area contributed by atoms with Crippen LogP contribution in [-0.4, -0.2) is 78.5 Å². The van der Waals surface area contributed by atoms with E-state index in [0.717, 1.165) is 6.42 Å². The quantitative estimate of drug-likeness (QED) is 0.812. The molecule has 0 aliphatic carbocycles. The molecule has 2 amide bonds. The van der Waals surface area contributed by atoms with Crippen molar-refractivity contribution in [3.8, 4) is 0 Å². The third-order valence-corrected chi connectivity index (χ3v) is 3.75. The van der Waals surface area contributed by atoms with Gasteiger partial charge >= 0.3 is 12.0 Å². The molecule has 114 valence electrons. The number of hydrogen-bond acceptors (Lipinski definition) is 4. The first-order valence-electron chi connectivity index (χ1n) is 7.08. The Hall–Kier alpha value is -1.34. The number of amides is 2. The molecule has 0 aromatic rings. The van der Waals surface area contributed by atoms with E-state index in [-0.39, 0.29) is 24.6 Å². The molecule has 2 rings (SSSR count). The van der Waals surface area contributed by atoms with Crippen molar-refractivity contribution in [1.82, 2.24) is 9.80 Å². The van der Waals surface area contributed by atoms with Crippen molar-refractivity contribution in [3.63, 3.8) is 0 Å². The van der Waals surface area contributed by atoms with Crippen LogP contribution in [0.5, 0.6) is 0 Å². The highest BCUT2D eigenvalue weighted by Crippen LogP contribution is 2.16. The predicted octanol–water partition coefficient (Wildman–Crippen LogP) is 0.393. The highest BCUT2D eigenvalue weighted by atomic mass is 16.5. The number of carbonyl (C=O) groups is 2. The second-order valence-corrected chi connectivity index (χ2v) is 5.15. The van der Waals surface area contributed by atoms with Crippen molar-refractivity contribution in [2.45, 2.75) is 31.9 Å². The van der Waals surface area contributed by atoms with Crippen molar-refractivity contribution >= 4 is 12.0 Å². The van der Waals surface area contributed by atoms with Gasteiger partial charge in [-0.25, -0.2) is 4.79 Å². The number of ether oxygens (including phenoxy) is 2. The standard InChI is InChI=1S/C13H22N2O5/c1-2-11-8-14(3-6-20-11)13(18)15-4-5-19-9-10(15)7-12(16)17/h10-11H,2-9H2,1H3,(H,16,17). The molecule has 0 aromatic heterocycles. The Bertz CT molecular complexity index is 363. The Morgan fingerprint density at radius 3 is 2.80 bits per heavy atom. The van der Waals surface area contributed by atoms with E-state index >= 15 is 0 Å². The highest BCUT2D eigenvalue weighted by molar-refractivity contribution is 5.76. The van der Waals surface area contributed by atoms with Gasteiger partial charge in [-0.3, -0.25) is 4.79 Å². The van der Waals surface area contributed by atoms with Crippen molar-refractivity contribution in [2.75, 3.05) is 39.5 Å². The van der Waals surface area contributed by atoms with Crippen molar-refractivity contribution in [2.24, 2.45) is 0 Å². The van der Waals surface area contributed by atoms with E-state index < -0.39 is 5.97 Å². The minimum absolute atomic E-state index is 0.0756. The molecule has 2 heterocycles. The molecular weight excluding hydrogens is 264 g/mol. The molecule has 2 fully saturated rings. The molecule has 20 heavy (non-hydrogen) atoms. The summed E-state index contributed by atoms with van der Waals surface area (Å²) in [6.45, 7) is 4.91. The molecule has 2 saturated heterocycles. The second-order valence-electron chi connectivity index (χ2n) is 5.15. The maximum atomic E-state index is 12.6. The summed E-state index contributed by atoms with van der Waals surface area (Å²) in [5.41, 5.74) is 0. The fourth-order valence-electron chi connectivity index (χ4n) is 2.60. The smallest absolute Gasteiger partial charge is 0.320 e. The summed E-state index contributed by atoms with van der Waals surface area (Å²) in [6, 6.07) is -0.474. The molecule has 0 bridgehead atoms. The van der Waals surface area contributed by atoms with E-state index in [1.165, 1.54) is 0 Å². The summed E-state index contributed by atoms with van der Waals surface area (Å²) < 4.78 is 10.8. The summed E-state index contributed by atoms with van der Waals surface area (Å²) in [4.78, 5) is 26.8. The van der Waals surface area contributed by atoms with E-state index in [1.54, 1.807) is 9.80 Å². The van der Waals surface area contributed by atoms with Crippen molar-refractivity contribution in [3.05, 3.63) is 0 Å². The van der Waals surface area contributed by atoms with Gasteiger partial charge in [-0.1, -0.05) is 6.92 Å². The van der Waals surface area contributed by atoms with Crippen LogP contribution < -0.4 is 0 Å². The van der Waals surface area contributed by atoms with Crippen LogP contribution in [0.1, 0.15) is 19.8 Å². The molecule has 2 aliphatic rings. The molecule has 2 atom stereocenters. The van der Waals surface area contributed by atoms with Gasteiger partial charge in [0.15, 0.2) is 0 Å². The molecule has 2 unspecified atom stereocenters. The van der Waals surface area contributed by atoms with Crippen molar-refractivity contribution in [1.29, 1.82) is 0 Å². The largest absolute Gasteiger partial charge is 0.481 e. The lowest BCUT2D eigenvalue weighted by molar-refractivity contribution is -0.139. The van der Waals surface area contributed by atoms with Gasteiger partial charge in [0.2, 0.25) is 0 Å². The average molecular weight is 286 g/mol. The lowest BCUT2D eigenvalue weighted by Gasteiger charge is -2.40. The molecule has 7 heteroatoms. The van der Waals surface area contributed by atoms with E-state index in [2.05, 4.69) is 0 Å². The van der Waals surface area contributed by atoms with Crippen LogP contribution >= 0.6 is 0 Å². The van der Waals surface area contributed by atoms with E-state index in [9.17, 15) is 9.59 Å². The van der Waals surface area contributed by atoms with Crippen LogP contribution in [0.2, 0.25) is 0 Å². The zero-order valence-electron chi connectivity index (χ0n) is 11.8. The van der Waals surface area contributed by atoms with E-state index in [0.29, 0.717) is 39.5 Å². The van der Waals surface area contributed by atoms with Gasteiger partial charge < -0.3 is 24.4 Å². The first-order chi connectivity index (χ1) is 9.61. The molecule has 2 aliphatic heterocycles. The lowest BCUT2D eigenvalue weighted by atomic mass is 10.1. The molecule has 0 aromatic carbocycles. The van der Waals surface area contributed by atoms with Crippen LogP contribution in [0.15, 0.2) is 0 Å². The highest BCUT2D eigenvalue weighted by Gasteiger charge is 2.33. The number of aliphatic carboxylic acids is 1. The fraction of sp³-hybridized carbons (Fsp3) is 0.846. The van der Waals surface area contributed by atoms with Gasteiger partial charge in [0.1, 0.15) is 0 Å². The number of hydrogen-bond donors (Lipinski definition) is 1. The first kappa shape index (κ1) is 15.1. The molecule has 1 N–H and O–H groups in total. The Kier molecular flexibility index (Phi) is 5.19. The topological polar surface area (TPSA) is 79.3 Å². The number of morpholine rings is 2. The van der Waals surface area contributed by atoms with Gasteiger partial charge in [0.05, 0.1) is 38.4 Å². The van der Waals surface area contributed by atoms with Gasteiger partial charge in [0, 0.05) is 19.6 Å². The van der Waals surface area contributed by atoms with Gasteiger partial charge in [-0.15, -0.1) is 0 Å². The van der Waals surface area contributed by atoms with Crippen LogP contribution in [0.3, 0.4) is 0 Å². The first-order valence-corrected chi connectivity index (χ1v) is 7.08. The summed E-state index contributed by atoms with van der Waals surface area (Å²) in [7, 11) is 0. The van der Waals surface area contributed by atoms with Gasteiger partial charge in [0.25, 0.3) is 0 Å². The maximum absolute atomic E-state index is 12.6. The van der Waals surface area contributed by atoms with Crippen LogP contribution in [0.25, 0.3) is 0 Å². The van der Waals surface area contributed by atoms with Gasteiger partial charge in [-0.05, 0) is 6.42 Å². The predicted molar refractivity (Wildman–Crippen MR) is 70.6 cm³/mol.